The predicted octanol–water partition coefficient (Wildman–Crippen LogP) is 6.88. The summed E-state index contributed by atoms with van der Waals surface area (Å²) in [7, 11) is -3.94. The molecule has 2 aromatic heterocycles. The zero-order chi connectivity index (χ0) is 30.9. The molecule has 2 heterocycles. The molecule has 0 unspecified atom stereocenters. The minimum absolute atomic E-state index is 0.0402. The molecule has 0 saturated heterocycles. The van der Waals surface area contributed by atoms with Crippen molar-refractivity contribution in [1.82, 2.24) is 20.1 Å². The SMILES string of the molecule is CC(C)n1nc(-c2ccc(NS(=O)(=O)Cc3ccccc3Cl)c(F)c2)c2c(N)ncc(C3=CC[C@H](N[C@H](C)CF)CC3)c21. The zero-order valence-corrected chi connectivity index (χ0v) is 25.8. The summed E-state index contributed by atoms with van der Waals surface area (Å²) < 4.78 is 58.2. The molecule has 4 aromatic rings. The lowest BCUT2D eigenvalue weighted by Gasteiger charge is -2.26. The minimum atomic E-state index is -3.94. The van der Waals surface area contributed by atoms with Crippen molar-refractivity contribution in [1.29, 1.82) is 0 Å². The van der Waals surface area contributed by atoms with Gasteiger partial charge in [0.05, 0.1) is 22.3 Å². The first-order valence-corrected chi connectivity index (χ1v) is 16.2. The van der Waals surface area contributed by atoms with Crippen molar-refractivity contribution in [3.05, 3.63) is 76.7 Å². The van der Waals surface area contributed by atoms with E-state index < -0.39 is 28.3 Å². The smallest absolute Gasteiger partial charge is 0.237 e. The van der Waals surface area contributed by atoms with Gasteiger partial charge in [0.2, 0.25) is 10.0 Å². The minimum Gasteiger partial charge on any atom is -0.383 e. The maximum Gasteiger partial charge on any atom is 0.237 e. The molecule has 5 rings (SSSR count). The Hall–Kier alpha value is -3.54. The molecule has 43 heavy (non-hydrogen) atoms. The van der Waals surface area contributed by atoms with E-state index in [1.165, 1.54) is 12.1 Å². The summed E-state index contributed by atoms with van der Waals surface area (Å²) in [6.45, 7) is 5.42. The van der Waals surface area contributed by atoms with Gasteiger partial charge in [-0.25, -0.2) is 22.2 Å². The number of hydrogen-bond donors (Lipinski definition) is 3. The van der Waals surface area contributed by atoms with Crippen molar-refractivity contribution in [2.24, 2.45) is 0 Å². The first kappa shape index (κ1) is 30.9. The standard InChI is InChI=1S/C31H35ClF2N6O2S/c1-18(2)40-30-24(20-8-11-23(12-9-20)37-19(3)15-33)16-36-31(35)28(30)29(38-40)21-10-13-27(26(34)14-21)39-43(41,42)17-22-6-4-5-7-25(22)32/h4-8,10,13-14,16,18-19,23,37,39H,9,11-12,15,17H2,1-3H3,(H2,35,36)/t19-,23+/m1/s1. The van der Waals surface area contributed by atoms with Crippen molar-refractivity contribution in [3.8, 4) is 11.3 Å². The Morgan fingerprint density at radius 2 is 1.95 bits per heavy atom. The van der Waals surface area contributed by atoms with E-state index in [0.717, 1.165) is 35.9 Å². The van der Waals surface area contributed by atoms with Gasteiger partial charge in [0.15, 0.2) is 0 Å². The van der Waals surface area contributed by atoms with Crippen LogP contribution in [0.3, 0.4) is 0 Å². The number of halogens is 3. The molecule has 0 fully saturated rings. The number of nitrogen functional groups attached to an aromatic ring is 1. The molecule has 0 aliphatic heterocycles. The van der Waals surface area contributed by atoms with Crippen LogP contribution < -0.4 is 15.8 Å². The van der Waals surface area contributed by atoms with Crippen LogP contribution in [-0.2, 0) is 15.8 Å². The Morgan fingerprint density at radius 3 is 2.60 bits per heavy atom. The number of pyridine rings is 1. The summed E-state index contributed by atoms with van der Waals surface area (Å²) in [5.41, 5.74) is 10.3. The third kappa shape index (κ3) is 6.68. The van der Waals surface area contributed by atoms with E-state index in [0.29, 0.717) is 27.2 Å². The molecule has 1 aliphatic carbocycles. The molecule has 0 amide bonds. The van der Waals surface area contributed by atoms with Crippen LogP contribution in [0, 0.1) is 5.82 Å². The fraction of sp³-hybridized carbons (Fsp3) is 0.355. The second kappa shape index (κ2) is 12.6. The number of nitrogens with two attached hydrogens (primary N) is 1. The van der Waals surface area contributed by atoms with Crippen molar-refractivity contribution < 1.29 is 17.2 Å². The third-order valence-corrected chi connectivity index (χ3v) is 9.15. The van der Waals surface area contributed by atoms with Crippen LogP contribution in [-0.4, -0.2) is 41.9 Å². The maximum absolute atomic E-state index is 15.4. The molecule has 0 bridgehead atoms. The lowest BCUT2D eigenvalue weighted by atomic mass is 9.90. The summed E-state index contributed by atoms with van der Waals surface area (Å²) >= 11 is 6.12. The van der Waals surface area contributed by atoms with Gasteiger partial charge >= 0.3 is 0 Å². The molecule has 4 N–H and O–H groups in total. The summed E-state index contributed by atoms with van der Waals surface area (Å²) in [5, 5.41) is 9.09. The molecular weight excluding hydrogens is 594 g/mol. The highest BCUT2D eigenvalue weighted by molar-refractivity contribution is 7.91. The lowest BCUT2D eigenvalue weighted by molar-refractivity contribution is 0.347. The summed E-state index contributed by atoms with van der Waals surface area (Å²) in [6.07, 6.45) is 6.28. The second-order valence-electron chi connectivity index (χ2n) is 11.2. The number of alkyl halides is 1. The van der Waals surface area contributed by atoms with E-state index >= 15 is 4.39 Å². The van der Waals surface area contributed by atoms with Crippen molar-refractivity contribution in [3.63, 3.8) is 0 Å². The fourth-order valence-electron chi connectivity index (χ4n) is 5.45. The van der Waals surface area contributed by atoms with Crippen molar-refractivity contribution in [2.45, 2.75) is 63.9 Å². The zero-order valence-electron chi connectivity index (χ0n) is 24.2. The predicted molar refractivity (Wildman–Crippen MR) is 170 cm³/mol. The molecule has 2 atom stereocenters. The number of nitrogens with one attached hydrogen (secondary N) is 2. The number of aromatic nitrogens is 3. The maximum atomic E-state index is 15.4. The average molecular weight is 629 g/mol. The normalized spacial score (nSPS) is 16.4. The van der Waals surface area contributed by atoms with Gasteiger partial charge in [-0.05, 0) is 69.4 Å². The van der Waals surface area contributed by atoms with Crippen LogP contribution in [0.4, 0.5) is 20.3 Å². The van der Waals surface area contributed by atoms with Crippen LogP contribution in [0.25, 0.3) is 27.7 Å². The topological polar surface area (TPSA) is 115 Å². The number of fused-ring (bicyclic) bond motifs is 1. The lowest BCUT2D eigenvalue weighted by Crippen LogP contribution is -2.38. The van der Waals surface area contributed by atoms with Crippen LogP contribution >= 0.6 is 11.6 Å². The molecule has 12 heteroatoms. The molecular formula is C31H35ClF2N6O2S. The number of rotatable bonds is 10. The average Bonchev–Trinajstić information content (AvgIpc) is 3.38. The molecule has 0 radical (unpaired) electrons. The van der Waals surface area contributed by atoms with E-state index in [2.05, 4.69) is 21.1 Å². The van der Waals surface area contributed by atoms with Gasteiger partial charge in [0.25, 0.3) is 0 Å². The Morgan fingerprint density at radius 1 is 1.19 bits per heavy atom. The monoisotopic (exact) mass is 628 g/mol. The van der Waals surface area contributed by atoms with Crippen molar-refractivity contribution in [2.75, 3.05) is 17.1 Å². The number of anilines is 2. The quantitative estimate of drug-likeness (QED) is 0.176. The first-order chi connectivity index (χ1) is 20.5. The van der Waals surface area contributed by atoms with E-state index in [-0.39, 0.29) is 29.6 Å². The van der Waals surface area contributed by atoms with Gasteiger partial charge in [0.1, 0.15) is 24.0 Å². The van der Waals surface area contributed by atoms with E-state index in [4.69, 9.17) is 22.4 Å². The van der Waals surface area contributed by atoms with Gasteiger partial charge in [-0.3, -0.25) is 9.40 Å². The first-order valence-electron chi connectivity index (χ1n) is 14.2. The van der Waals surface area contributed by atoms with E-state index in [1.54, 1.807) is 36.5 Å². The Labute approximate surface area is 255 Å². The molecule has 228 valence electrons. The summed E-state index contributed by atoms with van der Waals surface area (Å²) in [4.78, 5) is 4.48. The highest BCUT2D eigenvalue weighted by atomic mass is 35.5. The van der Waals surface area contributed by atoms with E-state index in [9.17, 15) is 12.8 Å². The Kier molecular flexibility index (Phi) is 9.05. The van der Waals surface area contributed by atoms with Gasteiger partial charge in [-0.1, -0.05) is 41.9 Å². The number of allylic oxidation sites excluding steroid dienone is 1. The summed E-state index contributed by atoms with van der Waals surface area (Å²) in [5.74, 6) is -0.895. The highest BCUT2D eigenvalue weighted by Gasteiger charge is 2.25. The fourth-order valence-corrected chi connectivity index (χ4v) is 6.97. The number of benzene rings is 2. The summed E-state index contributed by atoms with van der Waals surface area (Å²) in [6, 6.07) is 10.8. The highest BCUT2D eigenvalue weighted by Crippen LogP contribution is 2.39. The second-order valence-corrected chi connectivity index (χ2v) is 13.4. The van der Waals surface area contributed by atoms with Crippen molar-refractivity contribution >= 4 is 49.6 Å². The molecule has 2 aromatic carbocycles. The van der Waals surface area contributed by atoms with Gasteiger partial charge < -0.3 is 11.1 Å². The van der Waals surface area contributed by atoms with Gasteiger partial charge in [-0.15, -0.1) is 0 Å². The molecule has 0 spiro atoms. The number of sulfonamides is 1. The molecule has 8 nitrogen and oxygen atoms in total. The van der Waals surface area contributed by atoms with Crippen LogP contribution in [0.1, 0.15) is 57.2 Å². The molecule has 1 aliphatic rings. The van der Waals surface area contributed by atoms with Gasteiger partial charge in [0, 0.05) is 40.5 Å². The number of hydrogen-bond acceptors (Lipinski definition) is 6. The number of nitrogens with zero attached hydrogens (tertiary/aromatic N) is 3. The Bertz CT molecular complexity index is 1790. The van der Waals surface area contributed by atoms with Crippen LogP contribution in [0.2, 0.25) is 5.02 Å². The third-order valence-electron chi connectivity index (χ3n) is 7.56. The largest absolute Gasteiger partial charge is 0.383 e. The molecule has 0 saturated carbocycles. The Balaban J connectivity index is 1.49. The van der Waals surface area contributed by atoms with Crippen LogP contribution in [0.5, 0.6) is 0 Å². The van der Waals surface area contributed by atoms with Gasteiger partial charge in [-0.2, -0.15) is 5.10 Å². The van der Waals surface area contributed by atoms with Crippen LogP contribution in [0.15, 0.2) is 54.7 Å². The van der Waals surface area contributed by atoms with E-state index in [1.807, 2.05) is 25.5 Å².